The topological polar surface area (TPSA) is 56.6 Å². The fourth-order valence-corrected chi connectivity index (χ4v) is 5.50. The van der Waals surface area contributed by atoms with Crippen LogP contribution in [0, 0.1) is 17.1 Å². The van der Waals surface area contributed by atoms with Crippen molar-refractivity contribution in [2.75, 3.05) is 17.4 Å². The van der Waals surface area contributed by atoms with Gasteiger partial charge in [0.2, 0.25) is 5.91 Å². The van der Waals surface area contributed by atoms with Crippen LogP contribution in [0.3, 0.4) is 0 Å². The summed E-state index contributed by atoms with van der Waals surface area (Å²) in [4.78, 5) is 16.8. The second-order valence-electron chi connectivity index (χ2n) is 8.32. The Hall–Kier alpha value is -3.47. The Balaban J connectivity index is 1.31. The molecule has 5 rings (SSSR count). The fraction of sp³-hybridized carbons (Fsp3) is 0.185. The van der Waals surface area contributed by atoms with Gasteiger partial charge in [-0.2, -0.15) is 5.26 Å². The molecule has 0 unspecified atom stereocenters. The zero-order valence-corrected chi connectivity index (χ0v) is 20.2. The Morgan fingerprint density at radius 3 is 2.46 bits per heavy atom. The van der Waals surface area contributed by atoms with Crippen molar-refractivity contribution in [1.82, 2.24) is 4.90 Å². The molecular formula is C27H21ClFN3O2S. The van der Waals surface area contributed by atoms with Gasteiger partial charge >= 0.3 is 0 Å². The summed E-state index contributed by atoms with van der Waals surface area (Å²) in [6.07, 6.45) is 0.217. The van der Waals surface area contributed by atoms with Crippen molar-refractivity contribution >= 4 is 35.0 Å². The number of hydrogen-bond donors (Lipinski definition) is 0. The number of halogens is 2. The summed E-state index contributed by atoms with van der Waals surface area (Å²) in [5, 5.41) is 11.4. The number of nitriles is 1. The Labute approximate surface area is 212 Å². The Morgan fingerprint density at radius 2 is 1.77 bits per heavy atom. The van der Waals surface area contributed by atoms with E-state index in [1.807, 2.05) is 53.4 Å². The summed E-state index contributed by atoms with van der Waals surface area (Å²) in [5.41, 5.74) is 3.35. The van der Waals surface area contributed by atoms with Crippen LogP contribution in [0.2, 0.25) is 5.02 Å². The molecule has 1 atom stereocenters. The first kappa shape index (κ1) is 23.3. The maximum absolute atomic E-state index is 13.3. The molecule has 5 nitrogen and oxygen atoms in total. The molecule has 0 aromatic heterocycles. The highest BCUT2D eigenvalue weighted by Crippen LogP contribution is 2.43. The van der Waals surface area contributed by atoms with Crippen LogP contribution in [0.5, 0.6) is 5.75 Å². The highest BCUT2D eigenvalue weighted by molar-refractivity contribution is 8.03. The zero-order valence-electron chi connectivity index (χ0n) is 18.7. The lowest BCUT2D eigenvalue weighted by molar-refractivity contribution is -0.129. The van der Waals surface area contributed by atoms with Crippen LogP contribution in [0.25, 0.3) is 0 Å². The van der Waals surface area contributed by atoms with E-state index in [-0.39, 0.29) is 24.1 Å². The van der Waals surface area contributed by atoms with Gasteiger partial charge in [-0.3, -0.25) is 9.69 Å². The standard InChI is InChI=1S/C27H21ClFN3O2S/c28-20-5-1-18(2-6-20)15-34-23-11-3-19(4-12-23)24-13-26(33)32-16-31(17-35-27(32)25(24)14-30)22-9-7-21(29)8-10-22/h1-12,24H,13,15-17H2/t24-/m1/s1. The SMILES string of the molecule is N#CC1=C2SCN(c3ccc(F)cc3)CN2C(=O)C[C@@H]1c1ccc(OCc2ccc(Cl)cc2)cc1. The number of anilines is 1. The number of hydrogen-bond acceptors (Lipinski definition) is 5. The van der Waals surface area contributed by atoms with Gasteiger partial charge in [0.25, 0.3) is 0 Å². The summed E-state index contributed by atoms with van der Waals surface area (Å²) < 4.78 is 19.2. The molecule has 0 N–H and O–H groups in total. The fourth-order valence-electron chi connectivity index (χ4n) is 4.21. The summed E-state index contributed by atoms with van der Waals surface area (Å²) in [7, 11) is 0. The molecule has 3 aromatic rings. The predicted molar refractivity (Wildman–Crippen MR) is 135 cm³/mol. The number of benzene rings is 3. The van der Waals surface area contributed by atoms with Crippen LogP contribution in [0.1, 0.15) is 23.5 Å². The van der Waals surface area contributed by atoms with Crippen LogP contribution in [0.4, 0.5) is 10.1 Å². The smallest absolute Gasteiger partial charge is 0.229 e. The van der Waals surface area contributed by atoms with Crippen molar-refractivity contribution in [2.24, 2.45) is 0 Å². The largest absolute Gasteiger partial charge is 0.489 e. The van der Waals surface area contributed by atoms with Gasteiger partial charge in [-0.1, -0.05) is 47.6 Å². The predicted octanol–water partition coefficient (Wildman–Crippen LogP) is 6.28. The maximum atomic E-state index is 13.3. The number of allylic oxidation sites excluding steroid dienone is 1. The lowest BCUT2D eigenvalue weighted by Crippen LogP contribution is -2.47. The molecule has 1 fully saturated rings. The summed E-state index contributed by atoms with van der Waals surface area (Å²) in [6.45, 7) is 0.754. The maximum Gasteiger partial charge on any atom is 0.229 e. The quantitative estimate of drug-likeness (QED) is 0.408. The second-order valence-corrected chi connectivity index (χ2v) is 9.69. The van der Waals surface area contributed by atoms with Crippen molar-refractivity contribution in [3.05, 3.63) is 105 Å². The summed E-state index contributed by atoms with van der Waals surface area (Å²) in [6, 6.07) is 23.6. The monoisotopic (exact) mass is 505 g/mol. The minimum Gasteiger partial charge on any atom is -0.489 e. The molecule has 176 valence electrons. The number of amides is 1. The zero-order chi connectivity index (χ0) is 24.4. The van der Waals surface area contributed by atoms with Gasteiger partial charge in [0, 0.05) is 23.0 Å². The molecule has 1 saturated heterocycles. The third-order valence-electron chi connectivity index (χ3n) is 6.09. The molecule has 2 aliphatic rings. The van der Waals surface area contributed by atoms with Gasteiger partial charge in [0.05, 0.1) is 29.2 Å². The van der Waals surface area contributed by atoms with Gasteiger partial charge in [-0.25, -0.2) is 4.39 Å². The average Bonchev–Trinajstić information content (AvgIpc) is 2.89. The molecule has 8 heteroatoms. The third kappa shape index (κ3) is 5.00. The molecule has 0 radical (unpaired) electrons. The number of ether oxygens (including phenoxy) is 1. The van der Waals surface area contributed by atoms with Crippen LogP contribution in [-0.4, -0.2) is 23.4 Å². The van der Waals surface area contributed by atoms with Crippen LogP contribution in [0.15, 0.2) is 83.4 Å². The van der Waals surface area contributed by atoms with E-state index in [0.717, 1.165) is 16.8 Å². The molecule has 2 aliphatic heterocycles. The van der Waals surface area contributed by atoms with Crippen molar-refractivity contribution < 1.29 is 13.9 Å². The molecule has 0 saturated carbocycles. The average molecular weight is 506 g/mol. The second kappa shape index (κ2) is 10.0. The van der Waals surface area contributed by atoms with Crippen molar-refractivity contribution in [3.63, 3.8) is 0 Å². The highest BCUT2D eigenvalue weighted by Gasteiger charge is 2.38. The Kier molecular flexibility index (Phi) is 6.67. The highest BCUT2D eigenvalue weighted by atomic mass is 35.5. The molecule has 3 aromatic carbocycles. The van der Waals surface area contributed by atoms with Gasteiger partial charge in [-0.15, -0.1) is 0 Å². The first-order chi connectivity index (χ1) is 17.0. The van der Waals surface area contributed by atoms with E-state index >= 15 is 0 Å². The lowest BCUT2D eigenvalue weighted by atomic mass is 9.86. The first-order valence-corrected chi connectivity index (χ1v) is 12.4. The molecule has 2 heterocycles. The molecule has 1 amide bonds. The van der Waals surface area contributed by atoms with Gasteiger partial charge in [0.1, 0.15) is 18.2 Å². The molecule has 0 aliphatic carbocycles. The van der Waals surface area contributed by atoms with Crippen molar-refractivity contribution in [2.45, 2.75) is 18.9 Å². The van der Waals surface area contributed by atoms with E-state index < -0.39 is 0 Å². The third-order valence-corrected chi connectivity index (χ3v) is 7.49. The number of rotatable bonds is 5. The van der Waals surface area contributed by atoms with Crippen molar-refractivity contribution in [1.29, 1.82) is 5.26 Å². The van der Waals surface area contributed by atoms with Crippen molar-refractivity contribution in [3.8, 4) is 11.8 Å². The van der Waals surface area contributed by atoms with Gasteiger partial charge in [0.15, 0.2) is 0 Å². The molecular weight excluding hydrogens is 485 g/mol. The lowest BCUT2D eigenvalue weighted by Gasteiger charge is -2.42. The van der Waals surface area contributed by atoms with E-state index in [2.05, 4.69) is 6.07 Å². The number of thioether (sulfide) groups is 1. The van der Waals surface area contributed by atoms with E-state index in [9.17, 15) is 14.4 Å². The van der Waals surface area contributed by atoms with Crippen LogP contribution < -0.4 is 9.64 Å². The molecule has 0 bridgehead atoms. The Bertz CT molecular complexity index is 1300. The van der Waals surface area contributed by atoms with E-state index in [4.69, 9.17) is 16.3 Å². The van der Waals surface area contributed by atoms with Gasteiger partial charge < -0.3 is 9.64 Å². The van der Waals surface area contributed by atoms with E-state index in [0.29, 0.717) is 40.5 Å². The number of fused-ring (bicyclic) bond motifs is 1. The minimum atomic E-state index is -0.302. The number of nitrogens with zero attached hydrogens (tertiary/aromatic N) is 3. The van der Waals surface area contributed by atoms with E-state index in [1.54, 1.807) is 17.0 Å². The minimum absolute atomic E-state index is 0.0358. The number of carbonyl (C=O) groups is 1. The molecule has 0 spiro atoms. The first-order valence-electron chi connectivity index (χ1n) is 11.1. The summed E-state index contributed by atoms with van der Waals surface area (Å²) >= 11 is 7.39. The van der Waals surface area contributed by atoms with Crippen LogP contribution in [-0.2, 0) is 11.4 Å². The Morgan fingerprint density at radius 1 is 1.06 bits per heavy atom. The van der Waals surface area contributed by atoms with Crippen LogP contribution >= 0.6 is 23.4 Å². The van der Waals surface area contributed by atoms with Gasteiger partial charge in [-0.05, 0) is 59.7 Å². The molecule has 35 heavy (non-hydrogen) atoms. The normalized spacial score (nSPS) is 17.7. The number of carbonyl (C=O) groups excluding carboxylic acids is 1. The summed E-state index contributed by atoms with van der Waals surface area (Å²) in [5.74, 6) is 0.644. The van der Waals surface area contributed by atoms with E-state index in [1.165, 1.54) is 23.9 Å².